The predicted octanol–water partition coefficient (Wildman–Crippen LogP) is 8.85. The highest BCUT2D eigenvalue weighted by atomic mass is 32.2. The number of hydrogen-bond acceptors (Lipinski definition) is 9. The number of aromatic nitrogens is 1. The van der Waals surface area contributed by atoms with Gasteiger partial charge < -0.3 is 15.1 Å². The molecule has 13 heteroatoms. The fraction of sp³-hybridized carbons (Fsp3) is 0.512. The second-order valence-corrected chi connectivity index (χ2v) is 18.9. The first-order valence-corrected chi connectivity index (χ1v) is 23.3. The summed E-state index contributed by atoms with van der Waals surface area (Å²) in [7, 11) is 0. The van der Waals surface area contributed by atoms with Crippen molar-refractivity contribution >= 4 is 91.6 Å². The van der Waals surface area contributed by atoms with E-state index in [0.29, 0.717) is 44.9 Å². The third-order valence-electron chi connectivity index (χ3n) is 11.0. The van der Waals surface area contributed by atoms with Crippen molar-refractivity contribution in [2.45, 2.75) is 133 Å². The number of benzene rings is 2. The Morgan fingerprint density at radius 1 is 0.893 bits per heavy atom. The standard InChI is InChI=1S/C43H53N3O6S4/c1-2-3-4-5-6-7-10-13-25-54-31-21-19-30(20-22-31)46-34-16-14-15-32(34)33-26-29(18-23-35(33)46)27-36-40(51)45(28-38(49)50)42(55-36)39-41(52)44(43(53)56-39)24-12-9-8-11-17-37(47)48/h18-23,26-27,32,34H,2-17,24-25,28H2,1H3,(H,47,48)(H,49,50)/b36-27-,42-39+. The molecule has 1 amide bonds. The molecular weight excluding hydrogens is 783 g/mol. The molecule has 2 fully saturated rings. The van der Waals surface area contributed by atoms with E-state index in [9.17, 15) is 24.3 Å². The summed E-state index contributed by atoms with van der Waals surface area (Å²) >= 11 is 9.71. The molecule has 3 aromatic rings. The van der Waals surface area contributed by atoms with Crippen LogP contribution in [0.25, 0.3) is 11.0 Å². The van der Waals surface area contributed by atoms with Crippen molar-refractivity contribution in [3.8, 4) is 0 Å². The number of carboxylic acid groups (broad SMARTS) is 2. The third-order valence-corrected chi connectivity index (χ3v) is 14.8. The highest BCUT2D eigenvalue weighted by Crippen LogP contribution is 2.52. The number of rotatable bonds is 21. The summed E-state index contributed by atoms with van der Waals surface area (Å²) in [4.78, 5) is 55.6. The molecule has 0 radical (unpaired) electrons. The number of carbonyl (C=O) groups excluding carboxylic acids is 1. The van der Waals surface area contributed by atoms with Crippen molar-refractivity contribution in [3.05, 3.63) is 73.1 Å². The van der Waals surface area contributed by atoms with Gasteiger partial charge in [0.1, 0.15) is 20.4 Å². The number of thiocarbonyl (C=S) groups is 1. The van der Waals surface area contributed by atoms with Gasteiger partial charge in [-0.05, 0) is 91.5 Å². The van der Waals surface area contributed by atoms with Crippen LogP contribution in [0.2, 0.25) is 0 Å². The van der Waals surface area contributed by atoms with Gasteiger partial charge in [-0.3, -0.25) is 28.6 Å². The lowest BCUT2D eigenvalue weighted by atomic mass is 9.96. The highest BCUT2D eigenvalue weighted by molar-refractivity contribution is 8.30. The van der Waals surface area contributed by atoms with E-state index in [1.54, 1.807) is 0 Å². The van der Waals surface area contributed by atoms with Crippen molar-refractivity contribution in [2.75, 3.05) is 17.2 Å². The molecule has 2 aliphatic heterocycles. The molecule has 3 heterocycles. The minimum atomic E-state index is -1.17. The van der Waals surface area contributed by atoms with Crippen molar-refractivity contribution in [2.24, 2.45) is 0 Å². The van der Waals surface area contributed by atoms with Gasteiger partial charge in [-0.2, -0.15) is 0 Å². The SMILES string of the molecule is CCCCCCCCCCSc1ccc(N2c3ccc(/C=c4\s/c(=C5/SC(=S)N(CCCCCCC(=O)O)C5=O)n(CC(=O)O)c4=O)cc3C3CCCC32)cc1. The van der Waals surface area contributed by atoms with Crippen LogP contribution in [-0.4, -0.2) is 60.2 Å². The largest absolute Gasteiger partial charge is 0.481 e. The Hall–Kier alpha value is -3.39. The van der Waals surface area contributed by atoms with Gasteiger partial charge in [-0.15, -0.1) is 23.1 Å². The molecule has 1 saturated heterocycles. The number of thiazole rings is 1. The van der Waals surface area contributed by atoms with Crippen molar-refractivity contribution in [3.63, 3.8) is 0 Å². The zero-order valence-corrected chi connectivity index (χ0v) is 35.5. The molecule has 300 valence electrons. The molecular formula is C43H53N3O6S4. The summed E-state index contributed by atoms with van der Waals surface area (Å²) < 4.78 is 2.21. The average Bonchev–Trinajstić information content (AvgIpc) is 3.92. The molecule has 1 aliphatic carbocycles. The molecule has 0 bridgehead atoms. The van der Waals surface area contributed by atoms with Crippen molar-refractivity contribution < 1.29 is 24.6 Å². The lowest BCUT2D eigenvalue weighted by Crippen LogP contribution is -2.35. The molecule has 9 nitrogen and oxygen atoms in total. The Morgan fingerprint density at radius 3 is 2.34 bits per heavy atom. The Bertz CT molecular complexity index is 2080. The topological polar surface area (TPSA) is 120 Å². The van der Waals surface area contributed by atoms with Gasteiger partial charge in [0.25, 0.3) is 11.5 Å². The van der Waals surface area contributed by atoms with Gasteiger partial charge in [0.15, 0.2) is 0 Å². The molecule has 56 heavy (non-hydrogen) atoms. The minimum Gasteiger partial charge on any atom is -0.481 e. The number of hydrogen-bond donors (Lipinski definition) is 2. The summed E-state index contributed by atoms with van der Waals surface area (Å²) in [6.07, 6.45) is 18.7. The van der Waals surface area contributed by atoms with Gasteiger partial charge in [0.05, 0.1) is 4.53 Å². The molecule has 2 atom stereocenters. The fourth-order valence-electron chi connectivity index (χ4n) is 8.17. The van der Waals surface area contributed by atoms with Gasteiger partial charge >= 0.3 is 11.9 Å². The highest BCUT2D eigenvalue weighted by Gasteiger charge is 2.42. The van der Waals surface area contributed by atoms with Crippen LogP contribution in [-0.2, 0) is 20.9 Å². The van der Waals surface area contributed by atoms with Crippen molar-refractivity contribution in [1.29, 1.82) is 0 Å². The molecule has 1 aromatic heterocycles. The van der Waals surface area contributed by atoms with E-state index in [2.05, 4.69) is 48.2 Å². The zero-order valence-electron chi connectivity index (χ0n) is 32.2. The van der Waals surface area contributed by atoms with E-state index in [-0.39, 0.29) is 17.2 Å². The van der Waals surface area contributed by atoms with Crippen LogP contribution in [0, 0.1) is 0 Å². The number of thioether (sulfide) groups is 2. The summed E-state index contributed by atoms with van der Waals surface area (Å²) in [5.74, 6) is -0.787. The number of carboxylic acids is 2. The summed E-state index contributed by atoms with van der Waals surface area (Å²) in [6, 6.07) is 15.8. The number of aliphatic carboxylic acids is 2. The second kappa shape index (κ2) is 20.3. The summed E-state index contributed by atoms with van der Waals surface area (Å²) in [5.41, 5.74) is 4.10. The first-order valence-electron chi connectivity index (χ1n) is 20.2. The smallest absolute Gasteiger partial charge is 0.323 e. The molecule has 6 rings (SSSR count). The quantitative estimate of drug-likeness (QED) is 0.0612. The van der Waals surface area contributed by atoms with E-state index < -0.39 is 24.0 Å². The van der Waals surface area contributed by atoms with Crippen LogP contribution >= 0.6 is 47.1 Å². The zero-order chi connectivity index (χ0) is 39.6. The number of anilines is 2. The Balaban J connectivity index is 1.18. The van der Waals surface area contributed by atoms with Gasteiger partial charge in [-0.25, -0.2) is 0 Å². The van der Waals surface area contributed by atoms with Crippen LogP contribution < -0.4 is 19.7 Å². The maximum atomic E-state index is 13.8. The van der Waals surface area contributed by atoms with E-state index in [0.717, 1.165) is 66.5 Å². The normalized spacial score (nSPS) is 19.0. The molecule has 1 saturated carbocycles. The van der Waals surface area contributed by atoms with E-state index in [1.165, 1.54) is 82.7 Å². The van der Waals surface area contributed by atoms with Crippen LogP contribution in [0.5, 0.6) is 0 Å². The predicted molar refractivity (Wildman–Crippen MR) is 234 cm³/mol. The summed E-state index contributed by atoms with van der Waals surface area (Å²) in [6.45, 7) is 2.08. The van der Waals surface area contributed by atoms with Crippen LogP contribution in [0.4, 0.5) is 11.4 Å². The monoisotopic (exact) mass is 835 g/mol. The Kier molecular flexibility index (Phi) is 15.3. The molecule has 3 aliphatic rings. The maximum absolute atomic E-state index is 13.8. The Morgan fingerprint density at radius 2 is 1.61 bits per heavy atom. The van der Waals surface area contributed by atoms with Gasteiger partial charge in [0.2, 0.25) is 0 Å². The third kappa shape index (κ3) is 10.4. The van der Waals surface area contributed by atoms with Crippen LogP contribution in [0.15, 0.2) is 52.2 Å². The lowest BCUT2D eigenvalue weighted by molar-refractivity contribution is -0.138. The fourth-order valence-corrected chi connectivity index (χ4v) is 11.6. The number of fused-ring (bicyclic) bond motifs is 3. The maximum Gasteiger partial charge on any atom is 0.323 e. The molecule has 0 spiro atoms. The number of carbonyl (C=O) groups is 3. The average molecular weight is 836 g/mol. The van der Waals surface area contributed by atoms with Gasteiger partial charge in [-0.1, -0.05) is 101 Å². The first-order chi connectivity index (χ1) is 27.2. The lowest BCUT2D eigenvalue weighted by Gasteiger charge is -2.27. The molecule has 2 N–H and O–H groups in total. The van der Waals surface area contributed by atoms with Crippen LogP contribution in [0.1, 0.15) is 127 Å². The Labute approximate surface area is 347 Å². The second-order valence-electron chi connectivity index (χ2n) is 15.0. The van der Waals surface area contributed by atoms with Gasteiger partial charge in [0, 0.05) is 41.2 Å². The van der Waals surface area contributed by atoms with E-state index in [4.69, 9.17) is 17.3 Å². The number of unbranched alkanes of at least 4 members (excludes halogenated alkanes) is 10. The van der Waals surface area contributed by atoms with E-state index in [1.807, 2.05) is 23.9 Å². The van der Waals surface area contributed by atoms with Crippen molar-refractivity contribution in [1.82, 2.24) is 9.47 Å². The number of nitrogens with zero attached hydrogens (tertiary/aromatic N) is 3. The van der Waals surface area contributed by atoms with E-state index >= 15 is 0 Å². The first kappa shape index (κ1) is 42.2. The molecule has 2 aromatic carbocycles. The van der Waals surface area contributed by atoms with Crippen LogP contribution in [0.3, 0.4) is 0 Å². The minimum absolute atomic E-state index is 0.117. The number of amides is 1. The molecule has 2 unspecified atom stereocenters. The summed E-state index contributed by atoms with van der Waals surface area (Å²) in [5, 5.41) is 18.6.